The highest BCUT2D eigenvalue weighted by Gasteiger charge is 2.74. The SMILES string of the molecule is CCCc1cccc(C(C)(CC(F)(C(F)(F)F)C(F)(F)F)OC)c1. The maximum Gasteiger partial charge on any atom is 0.431 e. The van der Waals surface area contributed by atoms with Crippen molar-refractivity contribution in [3.05, 3.63) is 35.4 Å². The summed E-state index contributed by atoms with van der Waals surface area (Å²) in [6, 6.07) is 5.97. The number of rotatable bonds is 6. The van der Waals surface area contributed by atoms with Crippen LogP contribution >= 0.6 is 0 Å². The van der Waals surface area contributed by atoms with E-state index >= 15 is 0 Å². The molecule has 0 radical (unpaired) electrons. The van der Waals surface area contributed by atoms with E-state index in [9.17, 15) is 30.7 Å². The van der Waals surface area contributed by atoms with Crippen molar-refractivity contribution in [2.45, 2.75) is 56.7 Å². The molecule has 0 aliphatic rings. The fraction of sp³-hybridized carbons (Fsp3) is 0.625. The van der Waals surface area contributed by atoms with E-state index in [0.717, 1.165) is 26.0 Å². The van der Waals surface area contributed by atoms with E-state index in [1.54, 1.807) is 6.07 Å². The van der Waals surface area contributed by atoms with Gasteiger partial charge in [-0.15, -0.1) is 0 Å². The Bertz CT molecular complexity index is 536. The van der Waals surface area contributed by atoms with Crippen LogP contribution in [0.3, 0.4) is 0 Å². The highest BCUT2D eigenvalue weighted by Crippen LogP contribution is 2.52. The molecule has 0 aliphatic heterocycles. The molecule has 0 N–H and O–H groups in total. The molecular formula is C16H19F7O. The molecule has 0 fully saturated rings. The number of benzene rings is 1. The monoisotopic (exact) mass is 360 g/mol. The minimum absolute atomic E-state index is 0.0616. The molecule has 1 atom stereocenters. The quantitative estimate of drug-likeness (QED) is 0.589. The summed E-state index contributed by atoms with van der Waals surface area (Å²) in [6.45, 7) is 2.89. The van der Waals surface area contributed by atoms with Crippen LogP contribution in [0.15, 0.2) is 24.3 Å². The largest absolute Gasteiger partial charge is 0.431 e. The molecule has 0 spiro atoms. The summed E-state index contributed by atoms with van der Waals surface area (Å²) in [7, 11) is 0.958. The standard InChI is InChI=1S/C16H19F7O/c1-4-6-11-7-5-8-12(9-11)13(2,24-3)10-14(17,15(18,19)20)16(21,22)23/h5,7-9H,4,6,10H2,1-3H3. The van der Waals surface area contributed by atoms with Gasteiger partial charge in [0.05, 0.1) is 5.60 Å². The number of hydrogen-bond acceptors (Lipinski definition) is 1. The molecule has 0 aliphatic carbocycles. The van der Waals surface area contributed by atoms with E-state index in [1.165, 1.54) is 18.2 Å². The average molecular weight is 360 g/mol. The molecule has 1 unspecified atom stereocenters. The summed E-state index contributed by atoms with van der Waals surface area (Å²) < 4.78 is 96.0. The van der Waals surface area contributed by atoms with E-state index in [1.807, 2.05) is 6.92 Å². The second-order valence-corrected chi connectivity index (χ2v) is 5.86. The molecule has 0 aromatic heterocycles. The van der Waals surface area contributed by atoms with Crippen molar-refractivity contribution < 1.29 is 35.5 Å². The first-order chi connectivity index (χ1) is 10.8. The Labute approximate surface area is 135 Å². The molecule has 0 amide bonds. The predicted octanol–water partition coefficient (Wildman–Crippen LogP) is 5.72. The Kier molecular flexibility index (Phi) is 5.96. The van der Waals surface area contributed by atoms with Crippen molar-refractivity contribution in [2.24, 2.45) is 0 Å². The molecule has 0 saturated heterocycles. The number of methoxy groups -OCH3 is 1. The van der Waals surface area contributed by atoms with Crippen LogP contribution in [0, 0.1) is 0 Å². The van der Waals surface area contributed by atoms with Crippen LogP contribution in [0.1, 0.15) is 37.8 Å². The third-order valence-corrected chi connectivity index (χ3v) is 4.01. The maximum absolute atomic E-state index is 14.1. The number of aryl methyl sites for hydroxylation is 1. The van der Waals surface area contributed by atoms with Gasteiger partial charge in [0.2, 0.25) is 0 Å². The summed E-state index contributed by atoms with van der Waals surface area (Å²) >= 11 is 0. The van der Waals surface area contributed by atoms with Crippen molar-refractivity contribution in [2.75, 3.05) is 7.11 Å². The van der Waals surface area contributed by atoms with E-state index in [2.05, 4.69) is 0 Å². The van der Waals surface area contributed by atoms with Gasteiger partial charge in [0.1, 0.15) is 0 Å². The minimum Gasteiger partial charge on any atom is -0.374 e. The van der Waals surface area contributed by atoms with Crippen LogP contribution in [0.5, 0.6) is 0 Å². The fourth-order valence-corrected chi connectivity index (χ4v) is 2.46. The smallest absolute Gasteiger partial charge is 0.374 e. The summed E-state index contributed by atoms with van der Waals surface area (Å²) in [5, 5.41) is 0. The first-order valence-electron chi connectivity index (χ1n) is 7.27. The summed E-state index contributed by atoms with van der Waals surface area (Å²) in [5.74, 6) is 0. The third kappa shape index (κ3) is 4.02. The Hall–Kier alpha value is -1.31. The minimum atomic E-state index is -6.11. The summed E-state index contributed by atoms with van der Waals surface area (Å²) in [5.41, 5.74) is -6.68. The van der Waals surface area contributed by atoms with Crippen LogP contribution in [0.25, 0.3) is 0 Å². The molecule has 1 aromatic carbocycles. The lowest BCUT2D eigenvalue weighted by Gasteiger charge is -2.38. The molecule has 8 heteroatoms. The molecule has 1 nitrogen and oxygen atoms in total. The first kappa shape index (κ1) is 20.7. The van der Waals surface area contributed by atoms with Crippen LogP contribution in [-0.4, -0.2) is 25.1 Å². The first-order valence-corrected chi connectivity index (χ1v) is 7.27. The van der Waals surface area contributed by atoms with Crippen LogP contribution in [0.4, 0.5) is 30.7 Å². The molecule has 1 rings (SSSR count). The highest BCUT2D eigenvalue weighted by atomic mass is 19.4. The van der Waals surface area contributed by atoms with Crippen molar-refractivity contribution >= 4 is 0 Å². The Morgan fingerprint density at radius 2 is 1.50 bits per heavy atom. The van der Waals surface area contributed by atoms with Crippen LogP contribution < -0.4 is 0 Å². The lowest BCUT2D eigenvalue weighted by molar-refractivity contribution is -0.353. The number of alkyl halides is 7. The Balaban J connectivity index is 3.35. The van der Waals surface area contributed by atoms with Gasteiger partial charge in [-0.3, -0.25) is 0 Å². The number of ether oxygens (including phenoxy) is 1. The van der Waals surface area contributed by atoms with Gasteiger partial charge in [0.15, 0.2) is 0 Å². The second kappa shape index (κ2) is 6.90. The lowest BCUT2D eigenvalue weighted by atomic mass is 9.82. The fourth-order valence-electron chi connectivity index (χ4n) is 2.46. The van der Waals surface area contributed by atoms with Crippen molar-refractivity contribution in [3.8, 4) is 0 Å². The molecular weight excluding hydrogens is 341 g/mol. The number of halogens is 7. The molecule has 1 aromatic rings. The van der Waals surface area contributed by atoms with Gasteiger partial charge in [0, 0.05) is 13.5 Å². The summed E-state index contributed by atoms with van der Waals surface area (Å²) in [4.78, 5) is 0. The molecule has 0 heterocycles. The maximum atomic E-state index is 14.1. The second-order valence-electron chi connectivity index (χ2n) is 5.86. The van der Waals surface area contributed by atoms with Crippen molar-refractivity contribution in [1.82, 2.24) is 0 Å². The average Bonchev–Trinajstić information content (AvgIpc) is 2.45. The van der Waals surface area contributed by atoms with Gasteiger partial charge in [-0.25, -0.2) is 4.39 Å². The topological polar surface area (TPSA) is 9.23 Å². The van der Waals surface area contributed by atoms with E-state index in [-0.39, 0.29) is 5.56 Å². The van der Waals surface area contributed by atoms with E-state index in [0.29, 0.717) is 6.42 Å². The van der Waals surface area contributed by atoms with Gasteiger partial charge < -0.3 is 4.74 Å². The predicted molar refractivity (Wildman–Crippen MR) is 75.4 cm³/mol. The Morgan fingerprint density at radius 1 is 0.958 bits per heavy atom. The van der Waals surface area contributed by atoms with Crippen molar-refractivity contribution in [1.29, 1.82) is 0 Å². The zero-order valence-electron chi connectivity index (χ0n) is 13.5. The van der Waals surface area contributed by atoms with E-state index in [4.69, 9.17) is 4.74 Å². The number of hydrogen-bond donors (Lipinski definition) is 0. The Morgan fingerprint density at radius 3 is 1.92 bits per heavy atom. The lowest BCUT2D eigenvalue weighted by Crippen LogP contribution is -2.56. The molecule has 0 saturated carbocycles. The highest BCUT2D eigenvalue weighted by molar-refractivity contribution is 5.29. The normalized spacial score (nSPS) is 16.1. The third-order valence-electron chi connectivity index (χ3n) is 4.01. The van der Waals surface area contributed by atoms with Gasteiger partial charge in [-0.05, 0) is 24.5 Å². The van der Waals surface area contributed by atoms with Gasteiger partial charge in [0.25, 0.3) is 0 Å². The zero-order valence-corrected chi connectivity index (χ0v) is 13.5. The molecule has 24 heavy (non-hydrogen) atoms. The van der Waals surface area contributed by atoms with Crippen LogP contribution in [-0.2, 0) is 16.8 Å². The van der Waals surface area contributed by atoms with Gasteiger partial charge >= 0.3 is 18.0 Å². The summed E-state index contributed by atoms with van der Waals surface area (Å²) in [6.07, 6.45) is -12.8. The van der Waals surface area contributed by atoms with Crippen molar-refractivity contribution in [3.63, 3.8) is 0 Å². The van der Waals surface area contributed by atoms with Crippen LogP contribution in [0.2, 0.25) is 0 Å². The van der Waals surface area contributed by atoms with Gasteiger partial charge in [-0.2, -0.15) is 26.3 Å². The zero-order chi connectivity index (χ0) is 18.8. The molecule has 0 bridgehead atoms. The van der Waals surface area contributed by atoms with E-state index < -0.39 is 30.0 Å². The molecule has 138 valence electrons. The van der Waals surface area contributed by atoms with Gasteiger partial charge in [-0.1, -0.05) is 37.6 Å².